The summed E-state index contributed by atoms with van der Waals surface area (Å²) in [6.45, 7) is 13.7. The fourth-order valence-electron chi connectivity index (χ4n) is 3.56. The van der Waals surface area contributed by atoms with Gasteiger partial charge in [0.25, 0.3) is 0 Å². The van der Waals surface area contributed by atoms with Gasteiger partial charge < -0.3 is 15.1 Å². The molecule has 0 aromatic heterocycles. The number of piperidine rings is 1. The minimum atomic E-state index is 0.422. The van der Waals surface area contributed by atoms with E-state index < -0.39 is 0 Å². The van der Waals surface area contributed by atoms with Gasteiger partial charge in [-0.15, -0.1) is 0 Å². The molecule has 0 aliphatic carbocycles. The molecular weight excluding hydrogens is 302 g/mol. The van der Waals surface area contributed by atoms with Gasteiger partial charge in [0.15, 0.2) is 5.11 Å². The Morgan fingerprint density at radius 3 is 2.39 bits per heavy atom. The fraction of sp³-hybridized carbons (Fsp3) is 0.632. The first-order valence-corrected chi connectivity index (χ1v) is 9.30. The number of likely N-dealkylation sites (tertiary alicyclic amines) is 1. The molecule has 23 heavy (non-hydrogen) atoms. The van der Waals surface area contributed by atoms with Gasteiger partial charge in [0.2, 0.25) is 0 Å². The van der Waals surface area contributed by atoms with Crippen LogP contribution in [0.25, 0.3) is 0 Å². The smallest absolute Gasteiger partial charge is 0.173 e. The molecule has 0 spiro atoms. The molecule has 0 amide bonds. The molecule has 2 N–H and O–H groups in total. The lowest BCUT2D eigenvalue weighted by atomic mass is 10.0. The molecule has 1 saturated heterocycles. The lowest BCUT2D eigenvalue weighted by Gasteiger charge is -2.41. The van der Waals surface area contributed by atoms with E-state index in [0.29, 0.717) is 12.1 Å². The number of quaternary nitrogens is 1. The van der Waals surface area contributed by atoms with Gasteiger partial charge >= 0.3 is 0 Å². The molecule has 0 saturated carbocycles. The average molecular weight is 335 g/mol. The zero-order valence-corrected chi connectivity index (χ0v) is 16.0. The number of thiocarbonyl (C=S) groups is 1. The molecule has 3 nitrogen and oxygen atoms in total. The van der Waals surface area contributed by atoms with Crippen LogP contribution in [-0.4, -0.2) is 41.2 Å². The van der Waals surface area contributed by atoms with Crippen molar-refractivity contribution in [2.24, 2.45) is 0 Å². The predicted molar refractivity (Wildman–Crippen MR) is 103 cm³/mol. The Morgan fingerprint density at radius 2 is 1.87 bits per heavy atom. The standard InChI is InChI=1S/C19H31N3S/c1-14(2)21-11-9-18(10-12-21)22(15(3)4)19(23)20-17-8-6-7-16(5)13-17/h6-8,13-15,18H,9-12H2,1-5H3,(H,20,23)/p+1. The fourth-order valence-corrected chi connectivity index (χ4v) is 4.04. The molecule has 1 aliphatic heterocycles. The van der Waals surface area contributed by atoms with Gasteiger partial charge in [-0.25, -0.2) is 0 Å². The van der Waals surface area contributed by atoms with E-state index in [1.165, 1.54) is 31.5 Å². The normalized spacial score (nSPS) is 21.5. The molecule has 1 heterocycles. The van der Waals surface area contributed by atoms with Crippen molar-refractivity contribution in [3.05, 3.63) is 29.8 Å². The maximum Gasteiger partial charge on any atom is 0.173 e. The van der Waals surface area contributed by atoms with Crippen molar-refractivity contribution in [1.29, 1.82) is 0 Å². The number of nitrogens with zero attached hydrogens (tertiary/aromatic N) is 1. The summed E-state index contributed by atoms with van der Waals surface area (Å²) in [7, 11) is 0. The lowest BCUT2D eigenvalue weighted by molar-refractivity contribution is -0.926. The summed E-state index contributed by atoms with van der Waals surface area (Å²) in [5.74, 6) is 0. The Balaban J connectivity index is 2.02. The van der Waals surface area contributed by atoms with Crippen LogP contribution in [0.1, 0.15) is 46.1 Å². The van der Waals surface area contributed by atoms with E-state index in [0.717, 1.165) is 16.8 Å². The van der Waals surface area contributed by atoms with Crippen LogP contribution in [0.5, 0.6) is 0 Å². The van der Waals surface area contributed by atoms with Gasteiger partial charge in [0.05, 0.1) is 19.1 Å². The number of benzene rings is 1. The molecule has 1 aromatic rings. The summed E-state index contributed by atoms with van der Waals surface area (Å²) in [5, 5.41) is 4.31. The number of aryl methyl sites for hydroxylation is 1. The highest BCUT2D eigenvalue weighted by Crippen LogP contribution is 2.18. The monoisotopic (exact) mass is 334 g/mol. The van der Waals surface area contributed by atoms with E-state index in [2.05, 4.69) is 69.1 Å². The number of nitrogens with one attached hydrogen (secondary N) is 2. The van der Waals surface area contributed by atoms with Crippen LogP contribution in [0.3, 0.4) is 0 Å². The third-order valence-electron chi connectivity index (χ3n) is 4.87. The third kappa shape index (κ3) is 4.92. The highest BCUT2D eigenvalue weighted by atomic mass is 32.1. The third-order valence-corrected chi connectivity index (χ3v) is 5.18. The number of hydrogen-bond acceptors (Lipinski definition) is 1. The van der Waals surface area contributed by atoms with Gasteiger partial charge in [-0.2, -0.15) is 0 Å². The van der Waals surface area contributed by atoms with Crippen LogP contribution in [0.2, 0.25) is 0 Å². The molecule has 1 fully saturated rings. The minimum absolute atomic E-state index is 0.422. The Labute approximate surface area is 147 Å². The first-order valence-electron chi connectivity index (χ1n) is 8.89. The van der Waals surface area contributed by atoms with Crippen molar-refractivity contribution in [3.63, 3.8) is 0 Å². The Kier molecular flexibility index (Phi) is 6.42. The summed E-state index contributed by atoms with van der Waals surface area (Å²) < 4.78 is 0. The highest BCUT2D eigenvalue weighted by Gasteiger charge is 2.30. The molecule has 4 heteroatoms. The molecule has 1 aliphatic rings. The quantitative estimate of drug-likeness (QED) is 0.826. The van der Waals surface area contributed by atoms with Crippen molar-refractivity contribution < 1.29 is 4.90 Å². The Hall–Kier alpha value is -1.13. The van der Waals surface area contributed by atoms with Crippen molar-refractivity contribution in [2.75, 3.05) is 18.4 Å². The largest absolute Gasteiger partial charge is 0.343 e. The van der Waals surface area contributed by atoms with E-state index in [9.17, 15) is 0 Å². The summed E-state index contributed by atoms with van der Waals surface area (Å²) in [5.41, 5.74) is 2.34. The van der Waals surface area contributed by atoms with Crippen LogP contribution < -0.4 is 10.2 Å². The van der Waals surface area contributed by atoms with E-state index in [4.69, 9.17) is 12.2 Å². The van der Waals surface area contributed by atoms with Gasteiger partial charge in [-0.1, -0.05) is 12.1 Å². The number of anilines is 1. The van der Waals surface area contributed by atoms with Gasteiger partial charge in [0.1, 0.15) is 0 Å². The predicted octanol–water partition coefficient (Wildman–Crippen LogP) is 2.86. The lowest BCUT2D eigenvalue weighted by Crippen LogP contribution is -3.16. The molecule has 0 unspecified atom stereocenters. The maximum absolute atomic E-state index is 5.75. The van der Waals surface area contributed by atoms with Crippen molar-refractivity contribution >= 4 is 23.0 Å². The molecule has 1 aromatic carbocycles. The molecule has 128 valence electrons. The SMILES string of the molecule is Cc1cccc(NC(=S)N(C(C)C)C2CC[NH+](C(C)C)CC2)c1. The van der Waals surface area contributed by atoms with E-state index in [1.54, 1.807) is 4.90 Å². The molecular formula is C19H32N3S+. The second-order valence-electron chi connectivity index (χ2n) is 7.34. The molecule has 2 rings (SSSR count). The van der Waals surface area contributed by atoms with Crippen molar-refractivity contribution in [2.45, 2.75) is 65.6 Å². The van der Waals surface area contributed by atoms with Crippen molar-refractivity contribution in [1.82, 2.24) is 4.90 Å². The van der Waals surface area contributed by atoms with Crippen LogP contribution in [-0.2, 0) is 0 Å². The second-order valence-corrected chi connectivity index (χ2v) is 7.73. The average Bonchev–Trinajstić information content (AvgIpc) is 2.47. The summed E-state index contributed by atoms with van der Waals surface area (Å²) >= 11 is 5.75. The first kappa shape index (κ1) is 18.2. The molecule has 0 bridgehead atoms. The van der Waals surface area contributed by atoms with Crippen LogP contribution in [0.4, 0.5) is 5.69 Å². The van der Waals surface area contributed by atoms with E-state index in [1.807, 2.05) is 0 Å². The highest BCUT2D eigenvalue weighted by molar-refractivity contribution is 7.80. The second kappa shape index (κ2) is 8.11. The van der Waals surface area contributed by atoms with Gasteiger partial charge in [0, 0.05) is 30.6 Å². The molecule has 0 radical (unpaired) electrons. The maximum atomic E-state index is 5.75. The van der Waals surface area contributed by atoms with E-state index >= 15 is 0 Å². The molecule has 0 atom stereocenters. The van der Waals surface area contributed by atoms with Gasteiger partial charge in [-0.05, 0) is 64.5 Å². The van der Waals surface area contributed by atoms with Crippen LogP contribution in [0, 0.1) is 6.92 Å². The topological polar surface area (TPSA) is 19.7 Å². The summed E-state index contributed by atoms with van der Waals surface area (Å²) in [4.78, 5) is 4.14. The Morgan fingerprint density at radius 1 is 1.22 bits per heavy atom. The van der Waals surface area contributed by atoms with Crippen molar-refractivity contribution in [3.8, 4) is 0 Å². The number of rotatable bonds is 4. The number of hydrogen-bond donors (Lipinski definition) is 2. The minimum Gasteiger partial charge on any atom is -0.343 e. The zero-order valence-electron chi connectivity index (χ0n) is 15.2. The summed E-state index contributed by atoms with van der Waals surface area (Å²) in [6.07, 6.45) is 2.45. The van der Waals surface area contributed by atoms with Gasteiger partial charge in [-0.3, -0.25) is 0 Å². The van der Waals surface area contributed by atoms with Crippen LogP contribution >= 0.6 is 12.2 Å². The Bertz CT molecular complexity index is 519. The van der Waals surface area contributed by atoms with Crippen LogP contribution in [0.15, 0.2) is 24.3 Å². The zero-order chi connectivity index (χ0) is 17.0. The van der Waals surface area contributed by atoms with E-state index in [-0.39, 0.29) is 0 Å². The first-order chi connectivity index (χ1) is 10.9. The summed E-state index contributed by atoms with van der Waals surface area (Å²) in [6, 6.07) is 10.1.